The second kappa shape index (κ2) is 7.06. The van der Waals surface area contributed by atoms with Crippen LogP contribution in [0.15, 0.2) is 59.7 Å². The predicted octanol–water partition coefficient (Wildman–Crippen LogP) is 5.39. The molecule has 2 aliphatic rings. The van der Waals surface area contributed by atoms with Crippen LogP contribution in [0.5, 0.6) is 0 Å². The summed E-state index contributed by atoms with van der Waals surface area (Å²) < 4.78 is 2.37. The zero-order valence-corrected chi connectivity index (χ0v) is 18.1. The topological polar surface area (TPSA) is 33.4 Å². The number of pyridine rings is 1. The van der Waals surface area contributed by atoms with Gasteiger partial charge in [-0.15, -0.1) is 0 Å². The molecule has 1 fully saturated rings. The molecule has 2 aromatic heterocycles. The SMILES string of the molecule is Cc1ccc(-n2c(C)cc([C@@H]3[C@H](c4ccccn4)N=C4S[C@@H](C)CN43)c2C)cc1. The van der Waals surface area contributed by atoms with E-state index in [1.807, 2.05) is 24.0 Å². The van der Waals surface area contributed by atoms with Crippen molar-refractivity contribution >= 4 is 16.9 Å². The molecular formula is C24H26N4S. The molecule has 1 aromatic carbocycles. The summed E-state index contributed by atoms with van der Waals surface area (Å²) in [6.45, 7) is 9.89. The smallest absolute Gasteiger partial charge is 0.160 e. The van der Waals surface area contributed by atoms with Crippen LogP contribution >= 0.6 is 11.8 Å². The molecule has 4 heterocycles. The monoisotopic (exact) mass is 402 g/mol. The highest BCUT2D eigenvalue weighted by molar-refractivity contribution is 8.14. The van der Waals surface area contributed by atoms with Gasteiger partial charge in [0.05, 0.1) is 11.7 Å². The van der Waals surface area contributed by atoms with Gasteiger partial charge in [-0.05, 0) is 56.7 Å². The lowest BCUT2D eigenvalue weighted by atomic mass is 9.96. The molecule has 5 rings (SSSR count). The van der Waals surface area contributed by atoms with Crippen molar-refractivity contribution in [1.82, 2.24) is 14.5 Å². The van der Waals surface area contributed by atoms with Gasteiger partial charge in [-0.1, -0.05) is 42.4 Å². The van der Waals surface area contributed by atoms with Crippen LogP contribution in [0.4, 0.5) is 0 Å². The Bertz CT molecular complexity index is 1070. The number of hydrogen-bond donors (Lipinski definition) is 0. The van der Waals surface area contributed by atoms with E-state index < -0.39 is 0 Å². The van der Waals surface area contributed by atoms with E-state index in [9.17, 15) is 0 Å². The lowest BCUT2D eigenvalue weighted by molar-refractivity contribution is 0.320. The van der Waals surface area contributed by atoms with E-state index in [1.165, 1.54) is 33.4 Å². The minimum absolute atomic E-state index is 0.0400. The third-order valence-electron chi connectivity index (χ3n) is 5.96. The normalized spacial score (nSPS) is 23.4. The lowest BCUT2D eigenvalue weighted by Crippen LogP contribution is -2.28. The molecule has 0 radical (unpaired) electrons. The Kier molecular flexibility index (Phi) is 4.50. The lowest BCUT2D eigenvalue weighted by Gasteiger charge is -2.27. The van der Waals surface area contributed by atoms with Gasteiger partial charge in [0.15, 0.2) is 5.17 Å². The van der Waals surface area contributed by atoms with Crippen LogP contribution in [-0.4, -0.2) is 31.4 Å². The van der Waals surface area contributed by atoms with Crippen LogP contribution in [-0.2, 0) is 0 Å². The number of benzene rings is 1. The maximum absolute atomic E-state index is 5.13. The number of nitrogens with zero attached hydrogens (tertiary/aromatic N) is 4. The molecular weight excluding hydrogens is 376 g/mol. The quantitative estimate of drug-likeness (QED) is 0.589. The maximum atomic E-state index is 5.13. The van der Waals surface area contributed by atoms with E-state index in [1.54, 1.807) is 0 Å². The summed E-state index contributed by atoms with van der Waals surface area (Å²) in [5, 5.41) is 1.74. The van der Waals surface area contributed by atoms with Gasteiger partial charge in [-0.25, -0.2) is 0 Å². The number of rotatable bonds is 3. The first-order valence-corrected chi connectivity index (χ1v) is 11.1. The molecule has 29 heavy (non-hydrogen) atoms. The number of aliphatic imine (C=N–C) groups is 1. The number of aryl methyl sites for hydroxylation is 2. The van der Waals surface area contributed by atoms with Crippen LogP contribution in [0.2, 0.25) is 0 Å². The summed E-state index contributed by atoms with van der Waals surface area (Å²) in [5.74, 6) is 0. The average Bonchev–Trinajstić information content (AvgIpc) is 3.33. The number of thioether (sulfide) groups is 1. The summed E-state index contributed by atoms with van der Waals surface area (Å²) in [6.07, 6.45) is 1.88. The molecule has 3 aromatic rings. The summed E-state index contributed by atoms with van der Waals surface area (Å²) in [4.78, 5) is 12.3. The van der Waals surface area contributed by atoms with Crippen LogP contribution in [0.1, 0.15) is 47.2 Å². The van der Waals surface area contributed by atoms with E-state index in [4.69, 9.17) is 4.99 Å². The van der Waals surface area contributed by atoms with Crippen LogP contribution in [0.3, 0.4) is 0 Å². The molecule has 0 spiro atoms. The Morgan fingerprint density at radius 2 is 1.83 bits per heavy atom. The van der Waals surface area contributed by atoms with Crippen molar-refractivity contribution in [2.24, 2.45) is 4.99 Å². The third-order valence-corrected chi connectivity index (χ3v) is 7.06. The van der Waals surface area contributed by atoms with Crippen molar-refractivity contribution in [3.8, 4) is 5.69 Å². The standard InChI is InChI=1S/C24H26N4S/c1-15-8-10-19(11-9-15)28-16(2)13-20(18(28)4)23-22(21-7-5-6-12-25-21)26-24-27(23)14-17(3)29-24/h5-13,17,22-23H,14H2,1-4H3/t17-,22-,23+/m0/s1. The second-order valence-corrected chi connectivity index (χ2v) is 9.54. The Hall–Kier alpha value is -2.53. The van der Waals surface area contributed by atoms with Crippen LogP contribution in [0, 0.1) is 20.8 Å². The number of amidine groups is 1. The Morgan fingerprint density at radius 1 is 1.03 bits per heavy atom. The van der Waals surface area contributed by atoms with Gasteiger partial charge in [-0.2, -0.15) is 0 Å². The highest BCUT2D eigenvalue weighted by Gasteiger charge is 2.44. The zero-order chi connectivity index (χ0) is 20.1. The molecule has 5 heteroatoms. The fraction of sp³-hybridized carbons (Fsp3) is 0.333. The van der Waals surface area contributed by atoms with Gasteiger partial charge in [0.25, 0.3) is 0 Å². The molecule has 148 valence electrons. The van der Waals surface area contributed by atoms with E-state index in [-0.39, 0.29) is 12.1 Å². The van der Waals surface area contributed by atoms with Gasteiger partial charge in [0, 0.05) is 35.1 Å². The molecule has 1 saturated heterocycles. The van der Waals surface area contributed by atoms with E-state index in [0.29, 0.717) is 5.25 Å². The van der Waals surface area contributed by atoms with Crippen molar-refractivity contribution in [2.75, 3.05) is 6.54 Å². The van der Waals surface area contributed by atoms with Gasteiger partial charge in [0.2, 0.25) is 0 Å². The fourth-order valence-electron chi connectivity index (χ4n) is 4.63. The minimum Gasteiger partial charge on any atom is -0.341 e. The first-order chi connectivity index (χ1) is 14.0. The first-order valence-electron chi connectivity index (χ1n) is 10.2. The third kappa shape index (κ3) is 3.08. The second-order valence-electron chi connectivity index (χ2n) is 8.13. The van der Waals surface area contributed by atoms with Gasteiger partial charge in [0.1, 0.15) is 6.04 Å². The summed E-state index contributed by atoms with van der Waals surface area (Å²) in [7, 11) is 0. The van der Waals surface area contributed by atoms with E-state index >= 15 is 0 Å². The largest absolute Gasteiger partial charge is 0.341 e. The van der Waals surface area contributed by atoms with Crippen LogP contribution in [0.25, 0.3) is 5.69 Å². The fourth-order valence-corrected chi connectivity index (χ4v) is 5.73. The molecule has 0 saturated carbocycles. The summed E-state index contributed by atoms with van der Waals surface area (Å²) in [5.41, 5.74) is 7.45. The van der Waals surface area contributed by atoms with Crippen molar-refractivity contribution in [3.63, 3.8) is 0 Å². The summed E-state index contributed by atoms with van der Waals surface area (Å²) >= 11 is 1.89. The Balaban J connectivity index is 1.62. The Labute approximate surface area is 176 Å². The molecule has 0 amide bonds. The number of hydrogen-bond acceptors (Lipinski definition) is 4. The molecule has 4 nitrogen and oxygen atoms in total. The predicted molar refractivity (Wildman–Crippen MR) is 121 cm³/mol. The van der Waals surface area contributed by atoms with Crippen molar-refractivity contribution in [3.05, 3.63) is 82.9 Å². The van der Waals surface area contributed by atoms with Crippen molar-refractivity contribution in [1.29, 1.82) is 0 Å². The summed E-state index contributed by atoms with van der Waals surface area (Å²) in [6, 6.07) is 17.5. The molecule has 0 aliphatic carbocycles. The number of aromatic nitrogens is 2. The maximum Gasteiger partial charge on any atom is 0.160 e. The first kappa shape index (κ1) is 18.5. The minimum atomic E-state index is 0.0400. The van der Waals surface area contributed by atoms with Crippen molar-refractivity contribution in [2.45, 2.75) is 45.0 Å². The average molecular weight is 403 g/mol. The van der Waals surface area contributed by atoms with E-state index in [0.717, 1.165) is 12.2 Å². The van der Waals surface area contributed by atoms with Crippen LogP contribution < -0.4 is 0 Å². The number of fused-ring (bicyclic) bond motifs is 1. The molecule has 0 bridgehead atoms. The van der Waals surface area contributed by atoms with Crippen molar-refractivity contribution < 1.29 is 0 Å². The van der Waals surface area contributed by atoms with E-state index in [2.05, 4.69) is 84.6 Å². The highest BCUT2D eigenvalue weighted by Crippen LogP contribution is 2.48. The van der Waals surface area contributed by atoms with Gasteiger partial charge >= 0.3 is 0 Å². The zero-order valence-electron chi connectivity index (χ0n) is 17.3. The molecule has 0 N–H and O–H groups in total. The molecule has 2 aliphatic heterocycles. The highest BCUT2D eigenvalue weighted by atomic mass is 32.2. The molecule has 0 unspecified atom stereocenters. The Morgan fingerprint density at radius 3 is 2.55 bits per heavy atom. The van der Waals surface area contributed by atoms with Gasteiger partial charge < -0.3 is 9.47 Å². The van der Waals surface area contributed by atoms with Gasteiger partial charge in [-0.3, -0.25) is 9.98 Å². The molecule has 3 atom stereocenters.